The third-order valence-electron chi connectivity index (χ3n) is 2.69. The monoisotopic (exact) mass is 236 g/mol. The summed E-state index contributed by atoms with van der Waals surface area (Å²) in [6.45, 7) is 2.37. The number of amides is 1. The minimum absolute atomic E-state index is 0.0879. The summed E-state index contributed by atoms with van der Waals surface area (Å²) in [4.78, 5) is 13.4. The number of phenols is 1. The van der Waals surface area contributed by atoms with E-state index in [0.29, 0.717) is 13.0 Å². The van der Waals surface area contributed by atoms with Crippen LogP contribution in [0.25, 0.3) is 0 Å². The average molecular weight is 236 g/mol. The smallest absolute Gasteiger partial charge is 0.239 e. The van der Waals surface area contributed by atoms with Crippen molar-refractivity contribution in [1.29, 1.82) is 0 Å². The van der Waals surface area contributed by atoms with E-state index in [0.717, 1.165) is 12.0 Å². The normalized spacial score (nSPS) is 12.2. The molecule has 0 spiro atoms. The lowest BCUT2D eigenvalue weighted by Crippen LogP contribution is -2.41. The second-order valence-electron chi connectivity index (χ2n) is 4.22. The molecule has 1 unspecified atom stereocenters. The Morgan fingerprint density at radius 3 is 2.71 bits per heavy atom. The molecule has 3 N–H and O–H groups in total. The summed E-state index contributed by atoms with van der Waals surface area (Å²) >= 11 is 0. The highest BCUT2D eigenvalue weighted by Gasteiger charge is 2.17. The molecule has 0 aliphatic heterocycles. The minimum atomic E-state index is -0.448. The highest BCUT2D eigenvalue weighted by atomic mass is 16.3. The van der Waals surface area contributed by atoms with E-state index in [1.165, 1.54) is 0 Å². The van der Waals surface area contributed by atoms with Crippen LogP contribution in [0, 0.1) is 0 Å². The number of phenolic OH excluding ortho intramolecular Hbond substituents is 1. The van der Waals surface area contributed by atoms with Gasteiger partial charge in [-0.2, -0.15) is 0 Å². The number of nitrogens with zero attached hydrogens (tertiary/aromatic N) is 1. The molecule has 0 bridgehead atoms. The molecule has 0 fully saturated rings. The van der Waals surface area contributed by atoms with Crippen LogP contribution < -0.4 is 5.73 Å². The van der Waals surface area contributed by atoms with Crippen LogP contribution in [0.1, 0.15) is 25.3 Å². The third-order valence-corrected chi connectivity index (χ3v) is 2.69. The standard InChI is InChI=1S/C13H20N2O2/c1-3-6-11(14)13(17)15(2)9-10-7-4-5-8-12(10)16/h4-5,7-8,11,16H,3,6,9,14H2,1-2H3. The van der Waals surface area contributed by atoms with Crippen LogP contribution in [0.15, 0.2) is 24.3 Å². The van der Waals surface area contributed by atoms with Crippen LogP contribution in [0.5, 0.6) is 5.75 Å². The molecule has 0 aliphatic rings. The summed E-state index contributed by atoms with van der Waals surface area (Å²) in [6.07, 6.45) is 1.57. The number of carbonyl (C=O) groups excluding carboxylic acids is 1. The molecule has 0 saturated carbocycles. The Labute approximate surface area is 102 Å². The molecule has 1 amide bonds. The fraction of sp³-hybridized carbons (Fsp3) is 0.462. The molecule has 4 heteroatoms. The lowest BCUT2D eigenvalue weighted by atomic mass is 10.1. The number of carbonyl (C=O) groups is 1. The molecule has 1 aromatic carbocycles. The van der Waals surface area contributed by atoms with E-state index in [2.05, 4.69) is 0 Å². The molecule has 0 saturated heterocycles. The van der Waals surface area contributed by atoms with Gasteiger partial charge in [0.25, 0.3) is 0 Å². The first-order chi connectivity index (χ1) is 8.06. The van der Waals surface area contributed by atoms with Crippen LogP contribution in [0.4, 0.5) is 0 Å². The van der Waals surface area contributed by atoms with Crippen molar-refractivity contribution in [1.82, 2.24) is 4.90 Å². The van der Waals surface area contributed by atoms with Crippen molar-refractivity contribution in [2.45, 2.75) is 32.4 Å². The van der Waals surface area contributed by atoms with Crippen molar-refractivity contribution in [3.8, 4) is 5.75 Å². The zero-order valence-corrected chi connectivity index (χ0v) is 10.4. The number of likely N-dealkylation sites (N-methyl/N-ethyl adjacent to an activating group) is 1. The second-order valence-corrected chi connectivity index (χ2v) is 4.22. The molecule has 4 nitrogen and oxygen atoms in total. The minimum Gasteiger partial charge on any atom is -0.508 e. The molecular formula is C13H20N2O2. The number of hydrogen-bond acceptors (Lipinski definition) is 3. The van der Waals surface area contributed by atoms with Gasteiger partial charge in [-0.3, -0.25) is 4.79 Å². The molecule has 1 aromatic rings. The number of aromatic hydroxyl groups is 1. The van der Waals surface area contributed by atoms with Gasteiger partial charge in [0.1, 0.15) is 5.75 Å². The summed E-state index contributed by atoms with van der Waals surface area (Å²) < 4.78 is 0. The predicted octanol–water partition coefficient (Wildman–Crippen LogP) is 1.48. The number of hydrogen-bond donors (Lipinski definition) is 2. The Bertz CT molecular complexity index is 379. The number of para-hydroxylation sites is 1. The maximum Gasteiger partial charge on any atom is 0.239 e. The lowest BCUT2D eigenvalue weighted by molar-refractivity contribution is -0.132. The van der Waals surface area contributed by atoms with Crippen molar-refractivity contribution in [3.05, 3.63) is 29.8 Å². The maximum absolute atomic E-state index is 11.9. The van der Waals surface area contributed by atoms with Gasteiger partial charge in [0, 0.05) is 19.2 Å². The summed E-state index contributed by atoms with van der Waals surface area (Å²) in [7, 11) is 1.70. The topological polar surface area (TPSA) is 66.6 Å². The summed E-state index contributed by atoms with van der Waals surface area (Å²) in [6, 6.07) is 6.54. The van der Waals surface area contributed by atoms with E-state index < -0.39 is 6.04 Å². The Kier molecular flexibility index (Phi) is 4.97. The van der Waals surface area contributed by atoms with Gasteiger partial charge in [0.15, 0.2) is 0 Å². The van der Waals surface area contributed by atoms with Gasteiger partial charge in [-0.05, 0) is 12.5 Å². The molecule has 1 rings (SSSR count). The molecule has 0 heterocycles. The highest BCUT2D eigenvalue weighted by Crippen LogP contribution is 2.17. The first kappa shape index (κ1) is 13.5. The van der Waals surface area contributed by atoms with Crippen LogP contribution in [0.3, 0.4) is 0 Å². The predicted molar refractivity (Wildman–Crippen MR) is 67.5 cm³/mol. The molecule has 0 aliphatic carbocycles. The molecule has 1 atom stereocenters. The zero-order chi connectivity index (χ0) is 12.8. The molecule has 0 radical (unpaired) electrons. The van der Waals surface area contributed by atoms with Gasteiger partial charge in [0.05, 0.1) is 6.04 Å². The maximum atomic E-state index is 11.9. The van der Waals surface area contributed by atoms with E-state index >= 15 is 0 Å². The first-order valence-electron chi connectivity index (χ1n) is 5.83. The highest BCUT2D eigenvalue weighted by molar-refractivity contribution is 5.81. The average Bonchev–Trinajstić information content (AvgIpc) is 2.31. The van der Waals surface area contributed by atoms with E-state index in [1.54, 1.807) is 30.1 Å². The molecular weight excluding hydrogens is 216 g/mol. The lowest BCUT2D eigenvalue weighted by Gasteiger charge is -2.21. The Morgan fingerprint density at radius 1 is 1.47 bits per heavy atom. The van der Waals surface area contributed by atoms with E-state index in [4.69, 9.17) is 5.73 Å². The zero-order valence-electron chi connectivity index (χ0n) is 10.4. The van der Waals surface area contributed by atoms with Crippen LogP contribution >= 0.6 is 0 Å². The quantitative estimate of drug-likeness (QED) is 0.813. The summed E-state index contributed by atoms with van der Waals surface area (Å²) in [5, 5.41) is 9.61. The molecule has 0 aromatic heterocycles. The van der Waals surface area contributed by atoms with Gasteiger partial charge in [0.2, 0.25) is 5.91 Å². The van der Waals surface area contributed by atoms with Crippen molar-refractivity contribution in [3.63, 3.8) is 0 Å². The molecule has 17 heavy (non-hydrogen) atoms. The van der Waals surface area contributed by atoms with Gasteiger partial charge >= 0.3 is 0 Å². The van der Waals surface area contributed by atoms with Crippen molar-refractivity contribution >= 4 is 5.91 Å². The Balaban J connectivity index is 2.63. The Hall–Kier alpha value is -1.55. The van der Waals surface area contributed by atoms with E-state index in [1.807, 2.05) is 13.0 Å². The van der Waals surface area contributed by atoms with Crippen molar-refractivity contribution in [2.75, 3.05) is 7.05 Å². The first-order valence-corrected chi connectivity index (χ1v) is 5.83. The van der Waals surface area contributed by atoms with Gasteiger partial charge < -0.3 is 15.7 Å². The molecule has 94 valence electrons. The van der Waals surface area contributed by atoms with E-state index in [9.17, 15) is 9.90 Å². The van der Waals surface area contributed by atoms with Crippen LogP contribution in [0.2, 0.25) is 0 Å². The van der Waals surface area contributed by atoms with E-state index in [-0.39, 0.29) is 11.7 Å². The van der Waals surface area contributed by atoms with Gasteiger partial charge in [-0.25, -0.2) is 0 Å². The van der Waals surface area contributed by atoms with Gasteiger partial charge in [-0.1, -0.05) is 31.5 Å². The van der Waals surface area contributed by atoms with Crippen molar-refractivity contribution in [2.24, 2.45) is 5.73 Å². The Morgan fingerprint density at radius 2 is 2.12 bits per heavy atom. The third kappa shape index (κ3) is 3.75. The number of rotatable bonds is 5. The largest absolute Gasteiger partial charge is 0.508 e. The van der Waals surface area contributed by atoms with Crippen molar-refractivity contribution < 1.29 is 9.90 Å². The fourth-order valence-electron chi connectivity index (χ4n) is 1.70. The van der Waals surface area contributed by atoms with Gasteiger partial charge in [-0.15, -0.1) is 0 Å². The number of benzene rings is 1. The van der Waals surface area contributed by atoms with Crippen LogP contribution in [-0.2, 0) is 11.3 Å². The fourth-order valence-corrected chi connectivity index (χ4v) is 1.70. The summed E-state index contributed by atoms with van der Waals surface area (Å²) in [5.41, 5.74) is 6.50. The SMILES string of the molecule is CCCC(N)C(=O)N(C)Cc1ccccc1O. The summed E-state index contributed by atoms with van der Waals surface area (Å²) in [5.74, 6) is 0.117. The number of nitrogens with two attached hydrogens (primary N) is 1. The second kappa shape index (κ2) is 6.25. The van der Waals surface area contributed by atoms with Crippen LogP contribution in [-0.4, -0.2) is 29.0 Å².